The van der Waals surface area contributed by atoms with E-state index in [0.29, 0.717) is 16.5 Å². The molecular weight excluding hydrogens is 295 g/mol. The van der Waals surface area contributed by atoms with E-state index in [-0.39, 0.29) is 11.8 Å². The number of nitrogens with zero attached hydrogens (tertiary/aromatic N) is 1. The Bertz CT molecular complexity index is 590. The lowest BCUT2D eigenvalue weighted by Gasteiger charge is -2.19. The highest BCUT2D eigenvalue weighted by molar-refractivity contribution is 6.34. The molecule has 0 saturated heterocycles. The quantitative estimate of drug-likeness (QED) is 0.877. The van der Waals surface area contributed by atoms with E-state index >= 15 is 0 Å². The summed E-state index contributed by atoms with van der Waals surface area (Å²) in [6.45, 7) is 2.82. The van der Waals surface area contributed by atoms with Crippen LogP contribution < -0.4 is 5.32 Å². The first kappa shape index (κ1) is 15.1. The van der Waals surface area contributed by atoms with Crippen molar-refractivity contribution in [3.63, 3.8) is 0 Å². The van der Waals surface area contributed by atoms with Gasteiger partial charge in [-0.05, 0) is 36.7 Å². The summed E-state index contributed by atoms with van der Waals surface area (Å²) in [5, 5.41) is 14.0. The average molecular weight is 311 g/mol. The zero-order chi connectivity index (χ0) is 14.5. The third kappa shape index (κ3) is 3.85. The summed E-state index contributed by atoms with van der Waals surface area (Å²) < 4.78 is 0. The Morgan fingerprint density at radius 1 is 1.30 bits per heavy atom. The number of rotatable bonds is 5. The summed E-state index contributed by atoms with van der Waals surface area (Å²) in [6.07, 6.45) is 2.28. The molecule has 1 heterocycles. The van der Waals surface area contributed by atoms with Gasteiger partial charge in [-0.1, -0.05) is 42.3 Å². The molecule has 0 spiro atoms. The van der Waals surface area contributed by atoms with E-state index in [0.717, 1.165) is 17.8 Å². The van der Waals surface area contributed by atoms with Crippen LogP contribution in [-0.2, 0) is 6.42 Å². The lowest BCUT2D eigenvalue weighted by molar-refractivity contribution is 0.473. The number of halogens is 2. The van der Waals surface area contributed by atoms with Crippen molar-refractivity contribution in [2.75, 3.05) is 6.54 Å². The second-order valence-corrected chi connectivity index (χ2v) is 5.35. The van der Waals surface area contributed by atoms with E-state index < -0.39 is 0 Å². The zero-order valence-electron chi connectivity index (χ0n) is 11.1. The number of benzene rings is 1. The molecule has 0 aliphatic rings. The van der Waals surface area contributed by atoms with Crippen molar-refractivity contribution in [1.29, 1.82) is 0 Å². The Morgan fingerprint density at radius 2 is 2.10 bits per heavy atom. The minimum atomic E-state index is -0.0217. The number of hydrogen-bond donors (Lipinski definition) is 2. The molecule has 2 rings (SSSR count). The first-order valence-corrected chi connectivity index (χ1v) is 7.18. The van der Waals surface area contributed by atoms with Gasteiger partial charge in [-0.3, -0.25) is 4.98 Å². The second-order valence-electron chi connectivity index (χ2n) is 4.50. The third-order valence-electron chi connectivity index (χ3n) is 2.97. The standard InChI is InChI=1S/C15H16Cl2N2O/c1-2-18-14(7-10-4-3-5-12(20)6-10)15-13(17)8-11(16)9-19-15/h3-6,8-9,14,18,20H,2,7H2,1H3. The van der Waals surface area contributed by atoms with Gasteiger partial charge in [0.2, 0.25) is 0 Å². The number of phenols is 1. The summed E-state index contributed by atoms with van der Waals surface area (Å²) in [5.74, 6) is 0.257. The molecule has 0 amide bonds. The van der Waals surface area contributed by atoms with E-state index in [1.54, 1.807) is 24.4 Å². The molecule has 2 N–H and O–H groups in total. The smallest absolute Gasteiger partial charge is 0.115 e. The Labute approximate surface area is 128 Å². The predicted molar refractivity (Wildman–Crippen MR) is 82.5 cm³/mol. The first-order valence-electron chi connectivity index (χ1n) is 6.42. The van der Waals surface area contributed by atoms with Crippen LogP contribution in [0.15, 0.2) is 36.5 Å². The number of phenolic OH excluding ortho intramolecular Hbond substituents is 1. The Balaban J connectivity index is 2.26. The highest BCUT2D eigenvalue weighted by Crippen LogP contribution is 2.27. The predicted octanol–water partition coefficient (Wildman–Crippen LogP) is 3.99. The minimum Gasteiger partial charge on any atom is -0.508 e. The van der Waals surface area contributed by atoms with Gasteiger partial charge in [0.25, 0.3) is 0 Å². The fourth-order valence-corrected chi connectivity index (χ4v) is 2.62. The largest absolute Gasteiger partial charge is 0.508 e. The average Bonchev–Trinajstić information content (AvgIpc) is 2.38. The van der Waals surface area contributed by atoms with Crippen molar-refractivity contribution < 1.29 is 5.11 Å². The maximum absolute atomic E-state index is 9.54. The SMILES string of the molecule is CCNC(Cc1cccc(O)c1)c1ncc(Cl)cc1Cl. The molecule has 3 nitrogen and oxygen atoms in total. The molecule has 5 heteroatoms. The molecule has 1 aromatic heterocycles. The third-order valence-corrected chi connectivity index (χ3v) is 3.48. The summed E-state index contributed by atoms with van der Waals surface area (Å²) in [5.41, 5.74) is 1.78. The second kappa shape index (κ2) is 6.93. The molecule has 0 aliphatic carbocycles. The Kier molecular flexibility index (Phi) is 5.24. The van der Waals surface area contributed by atoms with E-state index in [1.807, 2.05) is 19.1 Å². The molecule has 0 bridgehead atoms. The van der Waals surface area contributed by atoms with Crippen LogP contribution in [0.1, 0.15) is 24.2 Å². The van der Waals surface area contributed by atoms with Gasteiger partial charge in [0.05, 0.1) is 21.8 Å². The molecule has 0 radical (unpaired) electrons. The van der Waals surface area contributed by atoms with Crippen LogP contribution in [0.5, 0.6) is 5.75 Å². The van der Waals surface area contributed by atoms with Gasteiger partial charge in [-0.2, -0.15) is 0 Å². The summed E-state index contributed by atoms with van der Waals surface area (Å²) in [6, 6.07) is 8.86. The van der Waals surface area contributed by atoms with Crippen LogP contribution >= 0.6 is 23.2 Å². The Morgan fingerprint density at radius 3 is 2.75 bits per heavy atom. The van der Waals surface area contributed by atoms with Crippen LogP contribution in [0.2, 0.25) is 10.0 Å². The normalized spacial score (nSPS) is 12.3. The van der Waals surface area contributed by atoms with Gasteiger partial charge < -0.3 is 10.4 Å². The van der Waals surface area contributed by atoms with E-state index in [2.05, 4.69) is 10.3 Å². The van der Waals surface area contributed by atoms with Crippen molar-refractivity contribution in [3.8, 4) is 5.75 Å². The topological polar surface area (TPSA) is 45.1 Å². The number of nitrogens with one attached hydrogen (secondary N) is 1. The van der Waals surface area contributed by atoms with Gasteiger partial charge in [-0.15, -0.1) is 0 Å². The van der Waals surface area contributed by atoms with Crippen molar-refractivity contribution in [1.82, 2.24) is 10.3 Å². The van der Waals surface area contributed by atoms with Crippen molar-refractivity contribution in [2.24, 2.45) is 0 Å². The summed E-state index contributed by atoms with van der Waals surface area (Å²) >= 11 is 12.1. The van der Waals surface area contributed by atoms with Gasteiger partial charge in [-0.25, -0.2) is 0 Å². The monoisotopic (exact) mass is 310 g/mol. The summed E-state index contributed by atoms with van der Waals surface area (Å²) in [4.78, 5) is 4.33. The molecule has 0 fully saturated rings. The molecule has 1 unspecified atom stereocenters. The molecule has 0 saturated carbocycles. The molecule has 106 valence electrons. The van der Waals surface area contributed by atoms with E-state index in [4.69, 9.17) is 23.2 Å². The fraction of sp³-hybridized carbons (Fsp3) is 0.267. The van der Waals surface area contributed by atoms with Gasteiger partial charge in [0.1, 0.15) is 5.75 Å². The number of aromatic hydroxyl groups is 1. The van der Waals surface area contributed by atoms with Gasteiger partial charge in [0.15, 0.2) is 0 Å². The first-order chi connectivity index (χ1) is 9.60. The lowest BCUT2D eigenvalue weighted by atomic mass is 10.0. The summed E-state index contributed by atoms with van der Waals surface area (Å²) in [7, 11) is 0. The highest BCUT2D eigenvalue weighted by atomic mass is 35.5. The van der Waals surface area contributed by atoms with Crippen molar-refractivity contribution >= 4 is 23.2 Å². The van der Waals surface area contributed by atoms with Gasteiger partial charge in [0, 0.05) is 6.20 Å². The molecular formula is C15H16Cl2N2O. The van der Waals surface area contributed by atoms with Crippen LogP contribution in [-0.4, -0.2) is 16.6 Å². The minimum absolute atomic E-state index is 0.0217. The van der Waals surface area contributed by atoms with Crippen LogP contribution in [0, 0.1) is 0 Å². The maximum Gasteiger partial charge on any atom is 0.115 e. The fourth-order valence-electron chi connectivity index (χ4n) is 2.11. The van der Waals surface area contributed by atoms with Crippen LogP contribution in [0.3, 0.4) is 0 Å². The Hall–Kier alpha value is -1.29. The number of hydrogen-bond acceptors (Lipinski definition) is 3. The molecule has 2 aromatic rings. The lowest BCUT2D eigenvalue weighted by Crippen LogP contribution is -2.24. The van der Waals surface area contributed by atoms with Crippen LogP contribution in [0.4, 0.5) is 0 Å². The van der Waals surface area contributed by atoms with Crippen molar-refractivity contribution in [2.45, 2.75) is 19.4 Å². The number of aromatic nitrogens is 1. The van der Waals surface area contributed by atoms with E-state index in [9.17, 15) is 5.11 Å². The molecule has 0 aliphatic heterocycles. The van der Waals surface area contributed by atoms with E-state index in [1.165, 1.54) is 0 Å². The maximum atomic E-state index is 9.54. The van der Waals surface area contributed by atoms with Crippen molar-refractivity contribution in [3.05, 3.63) is 57.8 Å². The molecule has 20 heavy (non-hydrogen) atoms. The van der Waals surface area contributed by atoms with Crippen LogP contribution in [0.25, 0.3) is 0 Å². The highest BCUT2D eigenvalue weighted by Gasteiger charge is 2.16. The number of pyridine rings is 1. The zero-order valence-corrected chi connectivity index (χ0v) is 12.6. The van der Waals surface area contributed by atoms with Gasteiger partial charge >= 0.3 is 0 Å². The molecule has 1 aromatic carbocycles. The number of likely N-dealkylation sites (N-methyl/N-ethyl adjacent to an activating group) is 1. The molecule has 1 atom stereocenters.